The molecular weight excluding hydrogens is 290 g/mol. The molecule has 3 rings (SSSR count). The van der Waals surface area contributed by atoms with E-state index < -0.39 is 11.3 Å². The van der Waals surface area contributed by atoms with Crippen LogP contribution >= 0.6 is 0 Å². The molecular formula is C19H27NO3. The summed E-state index contributed by atoms with van der Waals surface area (Å²) in [5.74, 6) is 0.968. The van der Waals surface area contributed by atoms with Crippen LogP contribution in [0.3, 0.4) is 0 Å². The van der Waals surface area contributed by atoms with Crippen LogP contribution in [0.5, 0.6) is 0 Å². The van der Waals surface area contributed by atoms with Gasteiger partial charge >= 0.3 is 6.09 Å². The molecule has 3 atom stereocenters. The summed E-state index contributed by atoms with van der Waals surface area (Å²) in [4.78, 5) is 14.5. The molecule has 126 valence electrons. The number of ether oxygens (including phenoxy) is 2. The zero-order valence-corrected chi connectivity index (χ0v) is 14.7. The highest BCUT2D eigenvalue weighted by atomic mass is 16.6. The van der Waals surface area contributed by atoms with Gasteiger partial charge in [0.05, 0.1) is 12.6 Å². The van der Waals surface area contributed by atoms with Crippen molar-refractivity contribution in [3.63, 3.8) is 0 Å². The van der Waals surface area contributed by atoms with E-state index in [2.05, 4.69) is 24.3 Å². The van der Waals surface area contributed by atoms with Gasteiger partial charge in [-0.05, 0) is 58.4 Å². The highest BCUT2D eigenvalue weighted by Crippen LogP contribution is 2.53. The molecule has 2 fully saturated rings. The lowest BCUT2D eigenvalue weighted by Crippen LogP contribution is -2.50. The average molecular weight is 317 g/mol. The van der Waals surface area contributed by atoms with Gasteiger partial charge in [0, 0.05) is 0 Å². The van der Waals surface area contributed by atoms with Gasteiger partial charge in [0.2, 0.25) is 0 Å². The van der Waals surface area contributed by atoms with Gasteiger partial charge in [-0.2, -0.15) is 0 Å². The van der Waals surface area contributed by atoms with Crippen LogP contribution in [0.15, 0.2) is 30.3 Å². The molecule has 1 aromatic rings. The number of amides is 1. The molecule has 2 aliphatic rings. The molecule has 23 heavy (non-hydrogen) atoms. The first kappa shape index (κ1) is 16.3. The van der Waals surface area contributed by atoms with Crippen molar-refractivity contribution in [1.82, 2.24) is 4.90 Å². The van der Waals surface area contributed by atoms with Crippen molar-refractivity contribution in [2.24, 2.45) is 5.92 Å². The van der Waals surface area contributed by atoms with Gasteiger partial charge in [-0.3, -0.25) is 4.90 Å². The monoisotopic (exact) mass is 317 g/mol. The van der Waals surface area contributed by atoms with Gasteiger partial charge in [-0.15, -0.1) is 0 Å². The van der Waals surface area contributed by atoms with Gasteiger partial charge in [0.15, 0.2) is 0 Å². The summed E-state index contributed by atoms with van der Waals surface area (Å²) in [6, 6.07) is 10.6. The summed E-state index contributed by atoms with van der Waals surface area (Å²) in [6.07, 6.45) is 0.830. The maximum Gasteiger partial charge on any atom is 0.412 e. The molecule has 1 aliphatic carbocycles. The first-order valence-corrected chi connectivity index (χ1v) is 8.40. The molecule has 0 radical (unpaired) electrons. The molecule has 4 heteroatoms. The summed E-state index contributed by atoms with van der Waals surface area (Å²) in [5.41, 5.74) is 0.242. The fourth-order valence-corrected chi connectivity index (χ4v) is 3.54. The molecule has 1 heterocycles. The number of carbonyl (C=O) groups is 1. The zero-order chi connectivity index (χ0) is 16.8. The molecule has 0 N–H and O–H groups in total. The Morgan fingerprint density at radius 2 is 1.91 bits per heavy atom. The molecule has 0 bridgehead atoms. The maximum atomic E-state index is 12.7. The van der Waals surface area contributed by atoms with Crippen molar-refractivity contribution in [2.45, 2.75) is 64.3 Å². The third kappa shape index (κ3) is 3.37. The third-order valence-corrected chi connectivity index (χ3v) is 4.67. The van der Waals surface area contributed by atoms with Crippen LogP contribution in [0.25, 0.3) is 0 Å². The fourth-order valence-electron chi connectivity index (χ4n) is 3.54. The second kappa shape index (κ2) is 5.52. The van der Waals surface area contributed by atoms with E-state index >= 15 is 0 Å². The number of carbonyl (C=O) groups excluding carboxylic acids is 1. The number of hydrogen-bond acceptors (Lipinski definition) is 3. The minimum Gasteiger partial charge on any atom is -0.444 e. The van der Waals surface area contributed by atoms with E-state index in [1.54, 1.807) is 0 Å². The summed E-state index contributed by atoms with van der Waals surface area (Å²) in [7, 11) is 0. The first-order chi connectivity index (χ1) is 10.7. The first-order valence-electron chi connectivity index (χ1n) is 8.40. The highest BCUT2D eigenvalue weighted by Gasteiger charge is 2.55. The third-order valence-electron chi connectivity index (χ3n) is 4.67. The van der Waals surface area contributed by atoms with Gasteiger partial charge in [0.1, 0.15) is 11.3 Å². The average Bonchev–Trinajstić information content (AvgIpc) is 3.16. The number of nitrogens with zero attached hydrogens (tertiary/aromatic N) is 1. The predicted molar refractivity (Wildman–Crippen MR) is 89.2 cm³/mol. The van der Waals surface area contributed by atoms with Crippen LogP contribution in [0.4, 0.5) is 4.79 Å². The normalized spacial score (nSPS) is 29.4. The molecule has 1 saturated carbocycles. The second-order valence-corrected chi connectivity index (χ2v) is 8.09. The molecule has 0 spiro atoms. The number of hydrogen-bond donors (Lipinski definition) is 0. The van der Waals surface area contributed by atoms with Crippen LogP contribution < -0.4 is 0 Å². The lowest BCUT2D eigenvalue weighted by atomic mass is 10.0. The van der Waals surface area contributed by atoms with Crippen LogP contribution in [-0.2, 0) is 9.47 Å². The Morgan fingerprint density at radius 3 is 2.52 bits per heavy atom. The van der Waals surface area contributed by atoms with Crippen LogP contribution in [0.1, 0.15) is 52.5 Å². The standard InChI is InChI=1S/C19H27NO3/c1-18(2,3)23-17(21)20-16(12-22-19(20,4)5)15-11-14(15)13-9-7-6-8-10-13/h6-10,14-16H,11-12H2,1-5H3/t14-,15+,16-/m0/s1. The molecule has 1 saturated heterocycles. The Bertz CT molecular complexity index is 576. The summed E-state index contributed by atoms with van der Waals surface area (Å²) >= 11 is 0. The van der Waals surface area contributed by atoms with E-state index in [4.69, 9.17) is 9.47 Å². The molecule has 1 aliphatic heterocycles. The van der Waals surface area contributed by atoms with Crippen molar-refractivity contribution in [3.05, 3.63) is 35.9 Å². The van der Waals surface area contributed by atoms with E-state index in [0.717, 1.165) is 6.42 Å². The lowest BCUT2D eigenvalue weighted by Gasteiger charge is -2.35. The van der Waals surface area contributed by atoms with Crippen molar-refractivity contribution < 1.29 is 14.3 Å². The summed E-state index contributed by atoms with van der Waals surface area (Å²) < 4.78 is 11.5. The van der Waals surface area contributed by atoms with E-state index in [0.29, 0.717) is 18.4 Å². The summed E-state index contributed by atoms with van der Waals surface area (Å²) in [5, 5.41) is 0. The topological polar surface area (TPSA) is 38.8 Å². The second-order valence-electron chi connectivity index (χ2n) is 8.09. The van der Waals surface area contributed by atoms with Gasteiger partial charge < -0.3 is 9.47 Å². The van der Waals surface area contributed by atoms with E-state index in [9.17, 15) is 4.79 Å². The Balaban J connectivity index is 1.76. The predicted octanol–water partition coefficient (Wildman–Crippen LogP) is 4.16. The van der Waals surface area contributed by atoms with E-state index in [1.165, 1.54) is 5.56 Å². The summed E-state index contributed by atoms with van der Waals surface area (Å²) in [6.45, 7) is 10.2. The smallest absolute Gasteiger partial charge is 0.412 e. The van der Waals surface area contributed by atoms with Crippen molar-refractivity contribution in [3.8, 4) is 0 Å². The largest absolute Gasteiger partial charge is 0.444 e. The minimum absolute atomic E-state index is 0.0880. The van der Waals surface area contributed by atoms with Gasteiger partial charge in [0.25, 0.3) is 0 Å². The Morgan fingerprint density at radius 1 is 1.26 bits per heavy atom. The highest BCUT2D eigenvalue weighted by molar-refractivity contribution is 5.70. The Hall–Kier alpha value is -1.55. The zero-order valence-electron chi connectivity index (χ0n) is 14.7. The SMILES string of the molecule is CC(C)(C)OC(=O)N1[C@H]([C@@H]2C[C@H]2c2ccccc2)COC1(C)C. The minimum atomic E-state index is -0.614. The fraction of sp³-hybridized carbons (Fsp3) is 0.632. The van der Waals surface area contributed by atoms with Gasteiger partial charge in [-0.1, -0.05) is 30.3 Å². The molecule has 1 aromatic carbocycles. The van der Waals surface area contributed by atoms with Crippen molar-refractivity contribution >= 4 is 6.09 Å². The number of benzene rings is 1. The van der Waals surface area contributed by atoms with E-state index in [1.807, 2.05) is 45.6 Å². The Kier molecular flexibility index (Phi) is 3.91. The van der Waals surface area contributed by atoms with Crippen LogP contribution in [-0.4, -0.2) is 35.0 Å². The molecule has 4 nitrogen and oxygen atoms in total. The van der Waals surface area contributed by atoms with Gasteiger partial charge in [-0.25, -0.2) is 4.79 Å². The molecule has 0 unspecified atom stereocenters. The Labute approximate surface area is 138 Å². The van der Waals surface area contributed by atoms with Crippen LogP contribution in [0.2, 0.25) is 0 Å². The van der Waals surface area contributed by atoms with Crippen molar-refractivity contribution in [1.29, 1.82) is 0 Å². The molecule has 0 aromatic heterocycles. The van der Waals surface area contributed by atoms with Crippen molar-refractivity contribution in [2.75, 3.05) is 6.61 Å². The maximum absolute atomic E-state index is 12.7. The molecule has 1 amide bonds. The van der Waals surface area contributed by atoms with Crippen LogP contribution in [0, 0.1) is 5.92 Å². The van der Waals surface area contributed by atoms with E-state index in [-0.39, 0.29) is 12.1 Å². The number of rotatable bonds is 2. The lowest BCUT2D eigenvalue weighted by molar-refractivity contribution is -0.0632. The quantitative estimate of drug-likeness (QED) is 0.822.